The molecule has 0 aromatic rings. The van der Waals surface area contributed by atoms with E-state index in [-0.39, 0.29) is 25.7 Å². The van der Waals surface area contributed by atoms with Crippen molar-refractivity contribution in [1.29, 1.82) is 0 Å². The van der Waals surface area contributed by atoms with Gasteiger partial charge in [0, 0.05) is 25.7 Å². The maximum atomic E-state index is 13.2. The smallest absolute Gasteiger partial charge is 0.462 e. The van der Waals surface area contributed by atoms with Crippen LogP contribution in [0.4, 0.5) is 0 Å². The van der Waals surface area contributed by atoms with Gasteiger partial charge in [0.05, 0.1) is 26.4 Å². The minimum absolute atomic E-state index is 0.107. The van der Waals surface area contributed by atoms with E-state index in [0.29, 0.717) is 25.7 Å². The van der Waals surface area contributed by atoms with Gasteiger partial charge in [-0.05, 0) is 49.4 Å². The molecular weight excluding hydrogens is 1390 g/mol. The Morgan fingerprint density at radius 3 is 0.664 bits per heavy atom. The summed E-state index contributed by atoms with van der Waals surface area (Å²) >= 11 is 0. The molecule has 0 aromatic heterocycles. The Balaban J connectivity index is 5.23. The maximum Gasteiger partial charge on any atom is 0.472 e. The minimum atomic E-state index is -4.97. The quantitative estimate of drug-likeness (QED) is 0.0222. The first-order chi connectivity index (χ1) is 51.7. The molecule has 19 heteroatoms. The lowest BCUT2D eigenvalue weighted by atomic mass is 9.99. The zero-order chi connectivity index (χ0) is 78.8. The Bertz CT molecular complexity index is 2080. The Kier molecular flexibility index (Phi) is 75.3. The highest BCUT2D eigenvalue weighted by atomic mass is 31.2. The third kappa shape index (κ3) is 77.8. The molecule has 0 aliphatic heterocycles. The van der Waals surface area contributed by atoms with Crippen LogP contribution in [0.2, 0.25) is 0 Å². The lowest BCUT2D eigenvalue weighted by molar-refractivity contribution is -0.161. The zero-order valence-electron chi connectivity index (χ0n) is 70.8. The number of unbranched alkanes of at least 4 members (excludes halogenated alkanes) is 48. The largest absolute Gasteiger partial charge is 0.472 e. The van der Waals surface area contributed by atoms with E-state index in [1.807, 2.05) is 0 Å². The molecule has 0 rings (SSSR count). The summed E-state index contributed by atoms with van der Waals surface area (Å²) in [7, 11) is -9.93. The lowest BCUT2D eigenvalue weighted by Crippen LogP contribution is -2.30. The summed E-state index contributed by atoms with van der Waals surface area (Å²) < 4.78 is 69.0. The number of hydrogen-bond donors (Lipinski definition) is 3. The molecule has 0 aliphatic rings. The molecule has 3 N–H and O–H groups in total. The van der Waals surface area contributed by atoms with Gasteiger partial charge < -0.3 is 33.8 Å². The molecule has 0 bridgehead atoms. The van der Waals surface area contributed by atoms with Crippen molar-refractivity contribution in [2.45, 2.75) is 478 Å². The van der Waals surface area contributed by atoms with Gasteiger partial charge in [-0.3, -0.25) is 37.3 Å². The van der Waals surface area contributed by atoms with Crippen molar-refractivity contribution >= 4 is 39.5 Å². The predicted octanol–water partition coefficient (Wildman–Crippen LogP) is 26.7. The summed E-state index contributed by atoms with van der Waals surface area (Å²) in [6.07, 6.45) is 66.6. The van der Waals surface area contributed by atoms with Gasteiger partial charge in [0.1, 0.15) is 19.3 Å². The van der Waals surface area contributed by atoms with E-state index in [9.17, 15) is 43.2 Å². The van der Waals surface area contributed by atoms with Crippen LogP contribution >= 0.6 is 15.6 Å². The highest BCUT2D eigenvalue weighted by molar-refractivity contribution is 7.47. The number of aliphatic hydroxyl groups is 1. The first-order valence-electron chi connectivity index (χ1n) is 45.3. The molecule has 0 saturated carbocycles. The third-order valence-electron chi connectivity index (χ3n) is 21.7. The first-order valence-corrected chi connectivity index (χ1v) is 48.3. The number of rotatable bonds is 85. The second-order valence-corrected chi connectivity index (χ2v) is 35.7. The molecule has 17 nitrogen and oxygen atoms in total. The molecule has 0 amide bonds. The Hall–Kier alpha value is -1.94. The second-order valence-electron chi connectivity index (χ2n) is 32.8. The van der Waals surface area contributed by atoms with Crippen LogP contribution in [0, 0.1) is 23.7 Å². The van der Waals surface area contributed by atoms with Crippen molar-refractivity contribution in [3.05, 3.63) is 0 Å². The SMILES string of the molecule is CCC(C)CCCCCCCCCCCCCCCCC(=O)O[C@H](COC(=O)CCCCCCCCCCCCCCCCCCCCC(C)C)COP(=O)(O)OC[C@@H](O)COP(=O)(O)OC[C@@H](COC(=O)CCCCCCCCC(C)CC)OC(=O)CCCCCCCCCCCCCCCCC(C)CC. The van der Waals surface area contributed by atoms with Crippen LogP contribution in [0.1, 0.15) is 460 Å². The van der Waals surface area contributed by atoms with Crippen molar-refractivity contribution in [1.82, 2.24) is 0 Å². The molecule has 636 valence electrons. The highest BCUT2D eigenvalue weighted by Crippen LogP contribution is 2.45. The summed E-state index contributed by atoms with van der Waals surface area (Å²) in [4.78, 5) is 73.3. The molecule has 0 aliphatic carbocycles. The number of esters is 4. The fraction of sp³-hybridized carbons (Fsp3) is 0.955. The van der Waals surface area contributed by atoms with Crippen LogP contribution < -0.4 is 0 Å². The number of aliphatic hydroxyl groups excluding tert-OH is 1. The van der Waals surface area contributed by atoms with Crippen molar-refractivity contribution in [3.63, 3.8) is 0 Å². The molecule has 0 saturated heterocycles. The van der Waals surface area contributed by atoms with E-state index in [2.05, 4.69) is 55.4 Å². The molecule has 0 heterocycles. The third-order valence-corrected chi connectivity index (χ3v) is 23.6. The Labute approximate surface area is 658 Å². The number of carbonyl (C=O) groups is 4. The van der Waals surface area contributed by atoms with Gasteiger partial charge >= 0.3 is 39.5 Å². The van der Waals surface area contributed by atoms with Gasteiger partial charge in [-0.2, -0.15) is 0 Å². The van der Waals surface area contributed by atoms with Gasteiger partial charge in [0.2, 0.25) is 0 Å². The van der Waals surface area contributed by atoms with E-state index in [1.165, 1.54) is 257 Å². The van der Waals surface area contributed by atoms with Crippen molar-refractivity contribution in [3.8, 4) is 0 Å². The predicted molar refractivity (Wildman–Crippen MR) is 441 cm³/mol. The van der Waals surface area contributed by atoms with Crippen LogP contribution in [0.5, 0.6) is 0 Å². The Morgan fingerprint density at radius 2 is 0.449 bits per heavy atom. The highest BCUT2D eigenvalue weighted by Gasteiger charge is 2.31. The number of carbonyl (C=O) groups excluding carboxylic acids is 4. The summed E-state index contributed by atoms with van der Waals surface area (Å²) in [5.41, 5.74) is 0. The maximum absolute atomic E-state index is 13.2. The van der Waals surface area contributed by atoms with Crippen molar-refractivity contribution < 1.29 is 80.2 Å². The van der Waals surface area contributed by atoms with Crippen LogP contribution in [0.15, 0.2) is 0 Å². The van der Waals surface area contributed by atoms with E-state index in [4.69, 9.17) is 37.0 Å². The monoisotopic (exact) mass is 1560 g/mol. The van der Waals surface area contributed by atoms with Crippen LogP contribution in [-0.4, -0.2) is 96.7 Å². The molecule has 0 spiro atoms. The van der Waals surface area contributed by atoms with Crippen molar-refractivity contribution in [2.75, 3.05) is 39.6 Å². The number of phosphoric acid groups is 2. The summed E-state index contributed by atoms with van der Waals surface area (Å²) in [6, 6.07) is 0. The van der Waals surface area contributed by atoms with E-state index < -0.39 is 97.5 Å². The molecule has 0 aromatic carbocycles. The normalized spacial score (nSPS) is 14.7. The first kappa shape index (κ1) is 105. The number of ether oxygens (including phenoxy) is 4. The molecule has 8 atom stereocenters. The van der Waals surface area contributed by atoms with E-state index in [0.717, 1.165) is 120 Å². The van der Waals surface area contributed by atoms with Crippen LogP contribution in [-0.2, 0) is 65.4 Å². The average molecular weight is 1560 g/mol. The van der Waals surface area contributed by atoms with Gasteiger partial charge in [-0.15, -0.1) is 0 Å². The number of phosphoric ester groups is 2. The van der Waals surface area contributed by atoms with Gasteiger partial charge in [0.15, 0.2) is 12.2 Å². The summed E-state index contributed by atoms with van der Waals surface area (Å²) in [6.45, 7) is 14.4. The number of hydrogen-bond acceptors (Lipinski definition) is 15. The van der Waals surface area contributed by atoms with E-state index in [1.54, 1.807) is 0 Å². The fourth-order valence-corrected chi connectivity index (χ4v) is 15.2. The molecular formula is C88H172O17P2. The summed E-state index contributed by atoms with van der Waals surface area (Å²) in [5, 5.41) is 10.7. The fourth-order valence-electron chi connectivity index (χ4n) is 13.6. The standard InChI is InChI=1S/C88H172O17P2/c1-9-79(6)65-57-49-41-35-29-23-18-20-26-32-38-44-54-62-70-87(92)104-83(74-98-85(90)68-60-52-43-37-31-25-17-15-13-12-14-16-22-28-34-40-48-56-64-78(4)5)76-102-106(94,95)100-72-82(89)73-101-107(96,97)103-77-84(75-99-86(91)69-61-53-47-46-51-59-67-81(8)11-3)105-88(93)71-63-55-45-39-33-27-21-19-24-30-36-42-50-58-66-80(7)10-2/h78-84,89H,9-77H2,1-8H3,(H,94,95)(H,96,97)/t79?,80?,81?,82-,83-,84-/m1/s1. The molecule has 0 fully saturated rings. The van der Waals surface area contributed by atoms with Gasteiger partial charge in [-0.1, -0.05) is 409 Å². The Morgan fingerprint density at radius 1 is 0.262 bits per heavy atom. The molecule has 5 unspecified atom stereocenters. The second kappa shape index (κ2) is 76.7. The van der Waals surface area contributed by atoms with Gasteiger partial charge in [-0.25, -0.2) is 9.13 Å². The average Bonchev–Trinajstić information content (AvgIpc) is 0.901. The van der Waals surface area contributed by atoms with Gasteiger partial charge in [0.25, 0.3) is 0 Å². The van der Waals surface area contributed by atoms with E-state index >= 15 is 0 Å². The molecule has 107 heavy (non-hydrogen) atoms. The lowest BCUT2D eigenvalue weighted by Gasteiger charge is -2.21. The van der Waals surface area contributed by atoms with Crippen molar-refractivity contribution in [2.24, 2.45) is 23.7 Å². The summed E-state index contributed by atoms with van der Waals surface area (Å²) in [5.74, 6) is 1.14. The minimum Gasteiger partial charge on any atom is -0.462 e. The molecule has 0 radical (unpaired) electrons. The van der Waals surface area contributed by atoms with Crippen LogP contribution in [0.3, 0.4) is 0 Å². The zero-order valence-corrected chi connectivity index (χ0v) is 72.6. The topological polar surface area (TPSA) is 237 Å². The van der Waals surface area contributed by atoms with Crippen LogP contribution in [0.25, 0.3) is 0 Å².